The van der Waals surface area contributed by atoms with Crippen LogP contribution in [-0.4, -0.2) is 30.6 Å². The summed E-state index contributed by atoms with van der Waals surface area (Å²) in [6.07, 6.45) is 2.76. The molecule has 0 aliphatic carbocycles. The Morgan fingerprint density at radius 3 is 2.94 bits per heavy atom. The van der Waals surface area contributed by atoms with Crippen LogP contribution < -0.4 is 0 Å². The molecule has 1 aromatic heterocycles. The standard InChI is InChI=1S/C10H11NO4S/c1-3-15-9(12)5-4-8-11-7(6-16-8)10(13)14-2/h4-6H,3H2,1-2H3. The minimum Gasteiger partial charge on any atom is -0.464 e. The maximum atomic E-state index is 11.1. The first kappa shape index (κ1) is 12.4. The number of methoxy groups -OCH3 is 1. The van der Waals surface area contributed by atoms with Crippen LogP contribution in [0.3, 0.4) is 0 Å². The fourth-order valence-corrected chi connectivity index (χ4v) is 1.57. The van der Waals surface area contributed by atoms with Gasteiger partial charge in [0.25, 0.3) is 0 Å². The molecule has 0 unspecified atom stereocenters. The first-order chi connectivity index (χ1) is 7.67. The van der Waals surface area contributed by atoms with E-state index >= 15 is 0 Å². The molecule has 0 aromatic carbocycles. The van der Waals surface area contributed by atoms with E-state index in [1.165, 1.54) is 30.6 Å². The van der Waals surface area contributed by atoms with Crippen molar-refractivity contribution in [1.29, 1.82) is 0 Å². The number of hydrogen-bond acceptors (Lipinski definition) is 6. The molecule has 0 radical (unpaired) electrons. The number of carbonyl (C=O) groups is 2. The lowest BCUT2D eigenvalue weighted by molar-refractivity contribution is -0.137. The first-order valence-corrected chi connectivity index (χ1v) is 5.44. The SMILES string of the molecule is CCOC(=O)C=Cc1nc(C(=O)OC)cs1. The van der Waals surface area contributed by atoms with Gasteiger partial charge in [0.1, 0.15) is 5.01 Å². The predicted octanol–water partition coefficient (Wildman–Crippen LogP) is 1.51. The van der Waals surface area contributed by atoms with Gasteiger partial charge in [-0.05, 0) is 13.0 Å². The number of esters is 2. The lowest BCUT2D eigenvalue weighted by Gasteiger charge is -1.93. The third-order valence-electron chi connectivity index (χ3n) is 1.57. The topological polar surface area (TPSA) is 65.5 Å². The van der Waals surface area contributed by atoms with E-state index in [1.54, 1.807) is 12.3 Å². The number of nitrogens with zero attached hydrogens (tertiary/aromatic N) is 1. The van der Waals surface area contributed by atoms with Crippen molar-refractivity contribution in [2.75, 3.05) is 13.7 Å². The van der Waals surface area contributed by atoms with Crippen molar-refractivity contribution in [2.45, 2.75) is 6.92 Å². The Labute approximate surface area is 96.7 Å². The summed E-state index contributed by atoms with van der Waals surface area (Å²) in [5.74, 6) is -0.927. The molecule has 86 valence electrons. The Hall–Kier alpha value is -1.69. The maximum Gasteiger partial charge on any atom is 0.357 e. The monoisotopic (exact) mass is 241 g/mol. The molecule has 0 atom stereocenters. The van der Waals surface area contributed by atoms with Gasteiger partial charge < -0.3 is 9.47 Å². The summed E-state index contributed by atoms with van der Waals surface area (Å²) in [5, 5.41) is 2.12. The van der Waals surface area contributed by atoms with Crippen molar-refractivity contribution in [1.82, 2.24) is 4.98 Å². The second-order valence-electron chi connectivity index (χ2n) is 2.65. The number of carbonyl (C=O) groups excluding carboxylic acids is 2. The third-order valence-corrected chi connectivity index (χ3v) is 2.38. The quantitative estimate of drug-likeness (QED) is 0.590. The van der Waals surface area contributed by atoms with E-state index in [1.807, 2.05) is 0 Å². The van der Waals surface area contributed by atoms with E-state index in [0.29, 0.717) is 11.6 Å². The lowest BCUT2D eigenvalue weighted by Crippen LogP contribution is -2.01. The van der Waals surface area contributed by atoms with Gasteiger partial charge in [0, 0.05) is 11.5 Å². The minimum atomic E-state index is -0.493. The molecule has 0 N–H and O–H groups in total. The molecule has 0 aliphatic rings. The Bertz CT molecular complexity index is 411. The van der Waals surface area contributed by atoms with Crippen LogP contribution in [0.5, 0.6) is 0 Å². The van der Waals surface area contributed by atoms with Crippen LogP contribution in [0.2, 0.25) is 0 Å². The molecule has 0 amide bonds. The fraction of sp³-hybridized carbons (Fsp3) is 0.300. The molecule has 0 fully saturated rings. The van der Waals surface area contributed by atoms with Gasteiger partial charge >= 0.3 is 11.9 Å². The van der Waals surface area contributed by atoms with Gasteiger partial charge in [-0.3, -0.25) is 0 Å². The number of ether oxygens (including phenoxy) is 2. The van der Waals surface area contributed by atoms with Gasteiger partial charge in [-0.15, -0.1) is 11.3 Å². The Morgan fingerprint density at radius 2 is 2.31 bits per heavy atom. The van der Waals surface area contributed by atoms with Crippen LogP contribution in [-0.2, 0) is 14.3 Å². The molecule has 1 rings (SSSR count). The molecule has 5 nitrogen and oxygen atoms in total. The number of thiazole rings is 1. The molecule has 0 bridgehead atoms. The molecular weight excluding hydrogens is 230 g/mol. The highest BCUT2D eigenvalue weighted by atomic mass is 32.1. The average Bonchev–Trinajstić information content (AvgIpc) is 2.74. The third kappa shape index (κ3) is 3.47. The normalized spacial score (nSPS) is 10.4. The molecular formula is C10H11NO4S. The number of aromatic nitrogens is 1. The van der Waals surface area contributed by atoms with E-state index in [4.69, 9.17) is 4.74 Å². The van der Waals surface area contributed by atoms with Crippen molar-refractivity contribution in [3.05, 3.63) is 22.2 Å². The molecule has 1 heterocycles. The van der Waals surface area contributed by atoms with Crippen molar-refractivity contribution in [2.24, 2.45) is 0 Å². The van der Waals surface area contributed by atoms with Crippen LogP contribution >= 0.6 is 11.3 Å². The lowest BCUT2D eigenvalue weighted by atomic mass is 10.5. The fourth-order valence-electron chi connectivity index (χ4n) is 0.892. The summed E-state index contributed by atoms with van der Waals surface area (Å²) in [6.45, 7) is 2.05. The predicted molar refractivity (Wildman–Crippen MR) is 59.1 cm³/mol. The van der Waals surface area contributed by atoms with E-state index < -0.39 is 11.9 Å². The zero-order valence-electron chi connectivity index (χ0n) is 8.93. The average molecular weight is 241 g/mol. The summed E-state index contributed by atoms with van der Waals surface area (Å²) in [6, 6.07) is 0. The van der Waals surface area contributed by atoms with E-state index in [-0.39, 0.29) is 5.69 Å². The number of rotatable bonds is 4. The van der Waals surface area contributed by atoms with Crippen molar-refractivity contribution < 1.29 is 19.1 Å². The smallest absolute Gasteiger partial charge is 0.357 e. The van der Waals surface area contributed by atoms with Gasteiger partial charge in [0.05, 0.1) is 13.7 Å². The summed E-state index contributed by atoms with van der Waals surface area (Å²) in [7, 11) is 1.29. The van der Waals surface area contributed by atoms with Crippen molar-refractivity contribution in [3.63, 3.8) is 0 Å². The van der Waals surface area contributed by atoms with Gasteiger partial charge in [-0.2, -0.15) is 0 Å². The van der Waals surface area contributed by atoms with Crippen LogP contribution in [0.15, 0.2) is 11.5 Å². The molecule has 0 aliphatic heterocycles. The summed E-state index contributed by atoms with van der Waals surface area (Å²) in [4.78, 5) is 26.0. The highest BCUT2D eigenvalue weighted by Crippen LogP contribution is 2.12. The zero-order valence-corrected chi connectivity index (χ0v) is 9.74. The molecule has 6 heteroatoms. The zero-order chi connectivity index (χ0) is 12.0. The Kier molecular flexibility index (Phi) is 4.65. The first-order valence-electron chi connectivity index (χ1n) is 4.56. The second-order valence-corrected chi connectivity index (χ2v) is 3.54. The molecule has 0 saturated carbocycles. The van der Waals surface area contributed by atoms with Crippen LogP contribution in [0.4, 0.5) is 0 Å². The maximum absolute atomic E-state index is 11.1. The van der Waals surface area contributed by atoms with Gasteiger partial charge in [0.2, 0.25) is 0 Å². The summed E-state index contributed by atoms with van der Waals surface area (Å²) >= 11 is 1.25. The van der Waals surface area contributed by atoms with Crippen LogP contribution in [0.25, 0.3) is 6.08 Å². The highest BCUT2D eigenvalue weighted by molar-refractivity contribution is 7.10. The Balaban J connectivity index is 2.65. The van der Waals surface area contributed by atoms with E-state index in [0.717, 1.165) is 0 Å². The van der Waals surface area contributed by atoms with Crippen molar-refractivity contribution in [3.8, 4) is 0 Å². The highest BCUT2D eigenvalue weighted by Gasteiger charge is 2.09. The second kappa shape index (κ2) is 6.02. The van der Waals surface area contributed by atoms with Crippen LogP contribution in [0.1, 0.15) is 22.4 Å². The molecule has 16 heavy (non-hydrogen) atoms. The van der Waals surface area contributed by atoms with E-state index in [2.05, 4.69) is 9.72 Å². The largest absolute Gasteiger partial charge is 0.464 e. The summed E-state index contributed by atoms with van der Waals surface area (Å²) in [5.41, 5.74) is 0.232. The van der Waals surface area contributed by atoms with Crippen molar-refractivity contribution >= 4 is 29.4 Å². The minimum absolute atomic E-state index is 0.232. The van der Waals surface area contributed by atoms with E-state index in [9.17, 15) is 9.59 Å². The van der Waals surface area contributed by atoms with Gasteiger partial charge in [-0.25, -0.2) is 14.6 Å². The molecule has 0 saturated heterocycles. The van der Waals surface area contributed by atoms with Gasteiger partial charge in [-0.1, -0.05) is 0 Å². The molecule has 1 aromatic rings. The Morgan fingerprint density at radius 1 is 1.56 bits per heavy atom. The summed E-state index contributed by atoms with van der Waals surface area (Å²) < 4.78 is 9.20. The van der Waals surface area contributed by atoms with Crippen LogP contribution in [0, 0.1) is 0 Å². The molecule has 0 spiro atoms. The number of hydrogen-bond donors (Lipinski definition) is 0. The van der Waals surface area contributed by atoms with Gasteiger partial charge in [0.15, 0.2) is 5.69 Å².